The molecule has 1 saturated carbocycles. The first-order valence-corrected chi connectivity index (χ1v) is 13.0. The van der Waals surface area contributed by atoms with Crippen LogP contribution in [-0.4, -0.2) is 37.8 Å². The first-order valence-electron chi connectivity index (χ1n) is 11.2. The van der Waals surface area contributed by atoms with Gasteiger partial charge in [-0.15, -0.1) is 0 Å². The zero-order chi connectivity index (χ0) is 21.9. The van der Waals surface area contributed by atoms with Crippen molar-refractivity contribution in [1.29, 1.82) is 0 Å². The van der Waals surface area contributed by atoms with Crippen molar-refractivity contribution >= 4 is 27.5 Å². The summed E-state index contributed by atoms with van der Waals surface area (Å²) in [7, 11) is -3.53. The van der Waals surface area contributed by atoms with E-state index in [0.717, 1.165) is 18.8 Å². The summed E-state index contributed by atoms with van der Waals surface area (Å²) in [6, 6.07) is 6.51. The van der Waals surface area contributed by atoms with Gasteiger partial charge in [-0.1, -0.05) is 38.8 Å². The quantitative estimate of drug-likeness (QED) is 0.667. The van der Waals surface area contributed by atoms with Crippen LogP contribution in [0.1, 0.15) is 65.7 Å². The van der Waals surface area contributed by atoms with Gasteiger partial charge in [0.05, 0.1) is 4.90 Å². The summed E-state index contributed by atoms with van der Waals surface area (Å²) in [5.74, 6) is 0.722. The van der Waals surface area contributed by atoms with Gasteiger partial charge in [0.25, 0.3) is 0 Å². The van der Waals surface area contributed by atoms with Crippen LogP contribution in [0.4, 0.5) is 0 Å². The first-order chi connectivity index (χ1) is 14.1. The van der Waals surface area contributed by atoms with Gasteiger partial charge in [-0.2, -0.15) is 4.31 Å². The number of nitrogens with zero attached hydrogens (tertiary/aromatic N) is 1. The molecule has 5 nitrogen and oxygen atoms in total. The lowest BCUT2D eigenvalue weighted by Gasteiger charge is -2.39. The summed E-state index contributed by atoms with van der Waals surface area (Å²) in [6.45, 7) is 7.71. The fourth-order valence-corrected chi connectivity index (χ4v) is 6.34. The number of hydrogen-bond acceptors (Lipinski definition) is 3. The summed E-state index contributed by atoms with van der Waals surface area (Å²) < 4.78 is 27.1. The topological polar surface area (TPSA) is 66.5 Å². The van der Waals surface area contributed by atoms with Crippen LogP contribution in [0.5, 0.6) is 0 Å². The molecular formula is C23H35ClN2O3S. The number of benzene rings is 1. The molecule has 1 aromatic carbocycles. The molecule has 0 aromatic heterocycles. The van der Waals surface area contributed by atoms with Crippen LogP contribution < -0.4 is 5.32 Å². The monoisotopic (exact) mass is 454 g/mol. The third-order valence-electron chi connectivity index (χ3n) is 7.37. The van der Waals surface area contributed by atoms with E-state index in [9.17, 15) is 13.2 Å². The van der Waals surface area contributed by atoms with Crippen LogP contribution in [-0.2, 0) is 14.8 Å². The Balaban J connectivity index is 1.48. The fraction of sp³-hybridized carbons (Fsp3) is 0.696. The highest BCUT2D eigenvalue weighted by Crippen LogP contribution is 2.40. The predicted octanol–water partition coefficient (Wildman–Crippen LogP) is 4.85. The molecule has 1 aromatic rings. The van der Waals surface area contributed by atoms with Crippen molar-refractivity contribution in [3.05, 3.63) is 29.3 Å². The smallest absolute Gasteiger partial charge is 0.243 e. The van der Waals surface area contributed by atoms with E-state index in [0.29, 0.717) is 36.4 Å². The van der Waals surface area contributed by atoms with E-state index < -0.39 is 10.0 Å². The van der Waals surface area contributed by atoms with E-state index in [1.54, 1.807) is 12.1 Å². The average Bonchev–Trinajstić information content (AvgIpc) is 2.74. The molecule has 30 heavy (non-hydrogen) atoms. The van der Waals surface area contributed by atoms with E-state index in [4.69, 9.17) is 11.6 Å². The Morgan fingerprint density at radius 1 is 1.07 bits per heavy atom. The largest absolute Gasteiger partial charge is 0.353 e. The summed E-state index contributed by atoms with van der Waals surface area (Å²) in [4.78, 5) is 13.0. The molecule has 1 amide bonds. The highest BCUT2D eigenvalue weighted by atomic mass is 35.5. The van der Waals surface area contributed by atoms with E-state index >= 15 is 0 Å². The maximum absolute atomic E-state index is 12.8. The van der Waals surface area contributed by atoms with Gasteiger partial charge in [0.15, 0.2) is 0 Å². The van der Waals surface area contributed by atoms with Crippen LogP contribution in [0.3, 0.4) is 0 Å². The minimum Gasteiger partial charge on any atom is -0.353 e. The maximum atomic E-state index is 12.8. The highest BCUT2D eigenvalue weighted by molar-refractivity contribution is 7.89. The minimum atomic E-state index is -3.53. The van der Waals surface area contributed by atoms with Gasteiger partial charge in [-0.05, 0) is 74.1 Å². The highest BCUT2D eigenvalue weighted by Gasteiger charge is 2.35. The third-order valence-corrected chi connectivity index (χ3v) is 9.53. The average molecular weight is 455 g/mol. The summed E-state index contributed by atoms with van der Waals surface area (Å²) >= 11 is 5.87. The first kappa shape index (κ1) is 23.6. The SMILES string of the molecule is CCC(C)(C)C1CCC(NC(=O)C2CCN(S(=O)(=O)c3ccc(Cl)cc3)CC2)CC1. The second-order valence-electron chi connectivity index (χ2n) is 9.53. The lowest BCUT2D eigenvalue weighted by molar-refractivity contribution is -0.127. The Kier molecular flexibility index (Phi) is 7.52. The van der Waals surface area contributed by atoms with Gasteiger partial charge in [0, 0.05) is 30.1 Å². The van der Waals surface area contributed by atoms with Gasteiger partial charge in [-0.25, -0.2) is 8.42 Å². The molecule has 0 atom stereocenters. The van der Waals surface area contributed by atoms with E-state index in [1.807, 2.05) is 0 Å². The minimum absolute atomic E-state index is 0.0942. The molecule has 1 saturated heterocycles. The number of hydrogen-bond donors (Lipinski definition) is 1. The Morgan fingerprint density at radius 3 is 2.17 bits per heavy atom. The van der Waals surface area contributed by atoms with Crippen molar-refractivity contribution in [2.75, 3.05) is 13.1 Å². The Labute approximate surface area is 186 Å². The molecule has 0 spiro atoms. The number of amides is 1. The molecule has 7 heteroatoms. The van der Waals surface area contributed by atoms with Crippen molar-refractivity contribution in [3.63, 3.8) is 0 Å². The number of piperidine rings is 1. The fourth-order valence-electron chi connectivity index (χ4n) is 4.74. The van der Waals surface area contributed by atoms with Crippen LogP contribution in [0.2, 0.25) is 5.02 Å². The molecular weight excluding hydrogens is 420 g/mol. The molecule has 2 fully saturated rings. The van der Waals surface area contributed by atoms with Gasteiger partial charge in [0.2, 0.25) is 15.9 Å². The molecule has 168 valence electrons. The number of rotatable bonds is 6. The molecule has 3 rings (SSSR count). The van der Waals surface area contributed by atoms with E-state index in [2.05, 4.69) is 26.1 Å². The van der Waals surface area contributed by atoms with Gasteiger partial charge in [-0.3, -0.25) is 4.79 Å². The molecule has 1 heterocycles. The van der Waals surface area contributed by atoms with E-state index in [1.165, 1.54) is 35.7 Å². The molecule has 1 aliphatic carbocycles. The summed E-state index contributed by atoms with van der Waals surface area (Å²) in [5.41, 5.74) is 0.372. The summed E-state index contributed by atoms with van der Waals surface area (Å²) in [6.07, 6.45) is 6.75. The van der Waals surface area contributed by atoms with Gasteiger partial charge >= 0.3 is 0 Å². The lowest BCUT2D eigenvalue weighted by Crippen LogP contribution is -2.46. The maximum Gasteiger partial charge on any atom is 0.243 e. The van der Waals surface area contributed by atoms with Gasteiger partial charge < -0.3 is 5.32 Å². The van der Waals surface area contributed by atoms with Crippen molar-refractivity contribution < 1.29 is 13.2 Å². The number of carbonyl (C=O) groups is 1. The van der Waals surface area contributed by atoms with Crippen molar-refractivity contribution in [2.24, 2.45) is 17.3 Å². The zero-order valence-corrected chi connectivity index (χ0v) is 19.9. The molecule has 1 aliphatic heterocycles. The molecule has 0 radical (unpaired) electrons. The van der Waals surface area contributed by atoms with Crippen LogP contribution in [0.15, 0.2) is 29.2 Å². The van der Waals surface area contributed by atoms with Crippen LogP contribution in [0, 0.1) is 17.3 Å². The number of nitrogens with one attached hydrogen (secondary N) is 1. The second kappa shape index (κ2) is 9.58. The normalized spacial score (nSPS) is 24.5. The van der Waals surface area contributed by atoms with Crippen LogP contribution >= 0.6 is 11.6 Å². The molecule has 0 bridgehead atoms. The Bertz CT molecular complexity index is 823. The zero-order valence-electron chi connectivity index (χ0n) is 18.4. The van der Waals surface area contributed by atoms with Crippen LogP contribution in [0.25, 0.3) is 0 Å². The molecule has 0 unspecified atom stereocenters. The molecule has 1 N–H and O–H groups in total. The number of sulfonamides is 1. The predicted molar refractivity (Wildman–Crippen MR) is 121 cm³/mol. The summed E-state index contributed by atoms with van der Waals surface area (Å²) in [5, 5.41) is 3.76. The Morgan fingerprint density at radius 2 is 1.63 bits per heavy atom. The standard InChI is InChI=1S/C23H35ClN2O3S/c1-4-23(2,3)18-5-9-20(10-6-18)25-22(27)17-13-15-26(16-14-17)30(28,29)21-11-7-19(24)8-12-21/h7-8,11-12,17-18,20H,4-6,9-10,13-16H2,1-3H3,(H,25,27). The number of halogens is 1. The number of carbonyl (C=O) groups excluding carboxylic acids is 1. The Hall–Kier alpha value is -1.11. The van der Waals surface area contributed by atoms with Crippen molar-refractivity contribution in [1.82, 2.24) is 9.62 Å². The molecule has 2 aliphatic rings. The van der Waals surface area contributed by atoms with Gasteiger partial charge in [0.1, 0.15) is 0 Å². The van der Waals surface area contributed by atoms with Crippen molar-refractivity contribution in [2.45, 2.75) is 76.7 Å². The third kappa shape index (κ3) is 5.38. The van der Waals surface area contributed by atoms with E-state index in [-0.39, 0.29) is 22.8 Å². The second-order valence-corrected chi connectivity index (χ2v) is 11.9. The van der Waals surface area contributed by atoms with Crippen molar-refractivity contribution in [3.8, 4) is 0 Å². The lowest BCUT2D eigenvalue weighted by atomic mass is 9.69.